The number of rotatable bonds is 3. The molecule has 2 aromatic heterocycles. The van der Waals surface area contributed by atoms with E-state index >= 15 is 0 Å². The van der Waals surface area contributed by atoms with Crippen molar-refractivity contribution >= 4 is 11.5 Å². The van der Waals surface area contributed by atoms with Gasteiger partial charge in [0.25, 0.3) is 0 Å². The summed E-state index contributed by atoms with van der Waals surface area (Å²) in [5.74, 6) is 0.634. The highest BCUT2D eigenvalue weighted by molar-refractivity contribution is 5.61. The number of hydrogen-bond acceptors (Lipinski definition) is 6. The Kier molecular flexibility index (Phi) is 2.85. The summed E-state index contributed by atoms with van der Waals surface area (Å²) in [6, 6.07) is 0. The summed E-state index contributed by atoms with van der Waals surface area (Å²) >= 11 is 0. The van der Waals surface area contributed by atoms with Crippen LogP contribution in [0, 0.1) is 0 Å². The summed E-state index contributed by atoms with van der Waals surface area (Å²) in [7, 11) is 0. The van der Waals surface area contributed by atoms with E-state index < -0.39 is 5.60 Å². The first-order valence-corrected chi connectivity index (χ1v) is 5.95. The number of hydrogen-bond donors (Lipinski definition) is 2. The highest BCUT2D eigenvalue weighted by atomic mass is 16.5. The van der Waals surface area contributed by atoms with Gasteiger partial charge in [0, 0.05) is 45.0 Å². The van der Waals surface area contributed by atoms with Crippen molar-refractivity contribution in [1.82, 2.24) is 19.6 Å². The van der Waals surface area contributed by atoms with Crippen LogP contribution in [0.25, 0.3) is 5.65 Å². The molecular formula is C11H15N5O2. The molecule has 7 nitrogen and oxygen atoms in total. The minimum atomic E-state index is -0.729. The summed E-state index contributed by atoms with van der Waals surface area (Å²) in [5, 5.41) is 21.3. The van der Waals surface area contributed by atoms with Crippen molar-refractivity contribution in [3.63, 3.8) is 0 Å². The number of nitrogens with one attached hydrogen (secondary N) is 1. The predicted octanol–water partition coefficient (Wildman–Crippen LogP) is 0.0777. The van der Waals surface area contributed by atoms with Crippen molar-refractivity contribution in [2.45, 2.75) is 18.4 Å². The molecule has 1 fully saturated rings. The number of anilines is 1. The lowest BCUT2D eigenvalue weighted by molar-refractivity contribution is -0.0543. The second-order valence-corrected chi connectivity index (χ2v) is 4.53. The zero-order valence-electron chi connectivity index (χ0n) is 9.91. The lowest BCUT2D eigenvalue weighted by Crippen LogP contribution is -2.42. The largest absolute Gasteiger partial charge is 0.388 e. The number of fused-ring (bicyclic) bond motifs is 1. The lowest BCUT2D eigenvalue weighted by Gasteiger charge is -2.32. The van der Waals surface area contributed by atoms with Crippen LogP contribution in [0.5, 0.6) is 0 Å². The Morgan fingerprint density at radius 3 is 3.11 bits per heavy atom. The SMILES string of the molecule is OC1(CNc2nccn3cnnc23)CCOCC1. The molecule has 0 aromatic carbocycles. The van der Waals surface area contributed by atoms with Gasteiger partial charge in [0.05, 0.1) is 5.60 Å². The molecule has 1 saturated heterocycles. The van der Waals surface area contributed by atoms with Gasteiger partial charge in [-0.1, -0.05) is 0 Å². The summed E-state index contributed by atoms with van der Waals surface area (Å²) < 4.78 is 7.03. The monoisotopic (exact) mass is 249 g/mol. The van der Waals surface area contributed by atoms with Crippen molar-refractivity contribution in [3.05, 3.63) is 18.7 Å². The van der Waals surface area contributed by atoms with Gasteiger partial charge in [-0.2, -0.15) is 0 Å². The van der Waals surface area contributed by atoms with E-state index in [4.69, 9.17) is 4.74 Å². The van der Waals surface area contributed by atoms with E-state index in [1.807, 2.05) is 0 Å². The van der Waals surface area contributed by atoms with Crippen LogP contribution in [0.4, 0.5) is 5.82 Å². The van der Waals surface area contributed by atoms with Crippen LogP contribution in [0.15, 0.2) is 18.7 Å². The third kappa shape index (κ3) is 2.14. The average Bonchev–Trinajstić information content (AvgIpc) is 2.86. The first-order chi connectivity index (χ1) is 8.77. The molecule has 3 heterocycles. The molecule has 18 heavy (non-hydrogen) atoms. The molecule has 0 bridgehead atoms. The Morgan fingerprint density at radius 2 is 2.28 bits per heavy atom. The highest BCUT2D eigenvalue weighted by Gasteiger charge is 2.29. The normalized spacial score (nSPS) is 18.9. The molecule has 3 rings (SSSR count). The quantitative estimate of drug-likeness (QED) is 0.801. The Morgan fingerprint density at radius 1 is 1.44 bits per heavy atom. The summed E-state index contributed by atoms with van der Waals surface area (Å²) in [5.41, 5.74) is -0.0690. The zero-order valence-corrected chi connectivity index (χ0v) is 9.91. The topological polar surface area (TPSA) is 84.6 Å². The van der Waals surface area contributed by atoms with E-state index in [1.54, 1.807) is 23.1 Å². The molecule has 7 heteroatoms. The van der Waals surface area contributed by atoms with Gasteiger partial charge < -0.3 is 15.2 Å². The van der Waals surface area contributed by atoms with Crippen LogP contribution >= 0.6 is 0 Å². The van der Waals surface area contributed by atoms with Gasteiger partial charge in [0.15, 0.2) is 5.82 Å². The van der Waals surface area contributed by atoms with Gasteiger partial charge in [-0.15, -0.1) is 10.2 Å². The second-order valence-electron chi connectivity index (χ2n) is 4.53. The molecule has 0 amide bonds. The van der Waals surface area contributed by atoms with Gasteiger partial charge in [-0.25, -0.2) is 4.98 Å². The van der Waals surface area contributed by atoms with Crippen molar-refractivity contribution in [2.24, 2.45) is 0 Å². The van der Waals surface area contributed by atoms with Crippen LogP contribution < -0.4 is 5.32 Å². The van der Waals surface area contributed by atoms with Crippen molar-refractivity contribution in [1.29, 1.82) is 0 Å². The molecule has 0 spiro atoms. The van der Waals surface area contributed by atoms with Crippen LogP contribution in [0.1, 0.15) is 12.8 Å². The predicted molar refractivity (Wildman–Crippen MR) is 64.3 cm³/mol. The lowest BCUT2D eigenvalue weighted by atomic mass is 9.94. The fourth-order valence-electron chi connectivity index (χ4n) is 2.06. The van der Waals surface area contributed by atoms with E-state index in [0.717, 1.165) is 0 Å². The highest BCUT2D eigenvalue weighted by Crippen LogP contribution is 2.21. The molecule has 0 aliphatic carbocycles. The summed E-state index contributed by atoms with van der Waals surface area (Å²) in [6.07, 6.45) is 6.34. The van der Waals surface area contributed by atoms with E-state index in [0.29, 0.717) is 44.1 Å². The molecule has 0 saturated carbocycles. The minimum Gasteiger partial charge on any atom is -0.388 e. The molecule has 2 aromatic rings. The molecule has 96 valence electrons. The van der Waals surface area contributed by atoms with Gasteiger partial charge in [-0.05, 0) is 0 Å². The Balaban J connectivity index is 1.74. The third-order valence-electron chi connectivity index (χ3n) is 3.22. The van der Waals surface area contributed by atoms with Gasteiger partial charge in [0.1, 0.15) is 6.33 Å². The van der Waals surface area contributed by atoms with Crippen LogP contribution in [0.2, 0.25) is 0 Å². The smallest absolute Gasteiger partial charge is 0.203 e. The fraction of sp³-hybridized carbons (Fsp3) is 0.545. The first kappa shape index (κ1) is 11.4. The Bertz CT molecular complexity index is 535. The molecular weight excluding hydrogens is 234 g/mol. The molecule has 0 radical (unpaired) electrons. The van der Waals surface area contributed by atoms with E-state index in [2.05, 4.69) is 20.5 Å². The number of aromatic nitrogens is 4. The van der Waals surface area contributed by atoms with Crippen LogP contribution in [-0.2, 0) is 4.74 Å². The van der Waals surface area contributed by atoms with E-state index in [1.165, 1.54) is 0 Å². The van der Waals surface area contributed by atoms with Crippen LogP contribution in [0.3, 0.4) is 0 Å². The Hall–Kier alpha value is -1.73. The third-order valence-corrected chi connectivity index (χ3v) is 3.22. The molecule has 1 aliphatic rings. The van der Waals surface area contributed by atoms with Gasteiger partial charge in [0.2, 0.25) is 5.65 Å². The number of ether oxygens (including phenoxy) is 1. The second kappa shape index (κ2) is 4.51. The number of aliphatic hydroxyl groups is 1. The average molecular weight is 249 g/mol. The summed E-state index contributed by atoms with van der Waals surface area (Å²) in [4.78, 5) is 4.22. The first-order valence-electron chi connectivity index (χ1n) is 5.95. The van der Waals surface area contributed by atoms with Crippen molar-refractivity contribution in [2.75, 3.05) is 25.1 Å². The van der Waals surface area contributed by atoms with Gasteiger partial charge >= 0.3 is 0 Å². The Labute approximate surface area is 104 Å². The van der Waals surface area contributed by atoms with Gasteiger partial charge in [-0.3, -0.25) is 4.40 Å². The molecule has 2 N–H and O–H groups in total. The van der Waals surface area contributed by atoms with Crippen LogP contribution in [-0.4, -0.2) is 50.0 Å². The molecule has 0 unspecified atom stereocenters. The van der Waals surface area contributed by atoms with Crippen molar-refractivity contribution < 1.29 is 9.84 Å². The zero-order chi connectivity index (χ0) is 12.4. The van der Waals surface area contributed by atoms with Crippen molar-refractivity contribution in [3.8, 4) is 0 Å². The minimum absolute atomic E-state index is 0.440. The molecule has 1 aliphatic heterocycles. The van der Waals surface area contributed by atoms with E-state index in [9.17, 15) is 5.11 Å². The molecule has 0 atom stereocenters. The maximum absolute atomic E-state index is 10.3. The maximum Gasteiger partial charge on any atom is 0.203 e. The standard InChI is InChI=1S/C11H15N5O2/c17-11(1-5-18-6-2-11)7-13-9-10-15-14-8-16(10)4-3-12-9/h3-4,8,17H,1-2,5-7H2,(H,12,13). The summed E-state index contributed by atoms with van der Waals surface area (Å²) in [6.45, 7) is 1.64. The fourth-order valence-corrected chi connectivity index (χ4v) is 2.06. The number of nitrogens with zero attached hydrogens (tertiary/aromatic N) is 4. The van der Waals surface area contributed by atoms with E-state index in [-0.39, 0.29) is 0 Å². The maximum atomic E-state index is 10.3.